The van der Waals surface area contributed by atoms with Crippen molar-refractivity contribution in [2.75, 3.05) is 26.7 Å². The smallest absolute Gasteiger partial charge is 0.228 e. The summed E-state index contributed by atoms with van der Waals surface area (Å²) in [5.41, 5.74) is 0.878. The van der Waals surface area contributed by atoms with Gasteiger partial charge in [-0.25, -0.2) is 0 Å². The first-order valence-electron chi connectivity index (χ1n) is 8.83. The Kier molecular flexibility index (Phi) is 8.15. The summed E-state index contributed by atoms with van der Waals surface area (Å²) in [5, 5.41) is 8.01. The van der Waals surface area contributed by atoms with Crippen LogP contribution in [0.2, 0.25) is 5.02 Å². The number of rotatable bonds is 9. The molecule has 1 aromatic heterocycles. The normalized spacial score (nSPS) is 11.4. The highest BCUT2D eigenvalue weighted by Crippen LogP contribution is 2.18. The molecule has 1 heterocycles. The zero-order chi connectivity index (χ0) is 18.8. The Hall–Kier alpha value is -2.34. The summed E-state index contributed by atoms with van der Waals surface area (Å²) in [6, 6.07) is 7.36. The zero-order valence-electron chi connectivity index (χ0n) is 15.4. The highest BCUT2D eigenvalue weighted by molar-refractivity contribution is 6.30. The molecular weight excluding hydrogens is 350 g/mol. The van der Waals surface area contributed by atoms with Crippen molar-refractivity contribution >= 4 is 17.6 Å². The first-order valence-corrected chi connectivity index (χ1v) is 9.20. The highest BCUT2D eigenvalue weighted by Gasteiger charge is 2.09. The molecule has 0 amide bonds. The molecule has 2 aromatic rings. The van der Waals surface area contributed by atoms with Gasteiger partial charge in [-0.3, -0.25) is 4.99 Å². The van der Waals surface area contributed by atoms with Crippen molar-refractivity contribution < 1.29 is 4.52 Å². The maximum atomic E-state index is 5.90. The van der Waals surface area contributed by atoms with Crippen LogP contribution in [-0.4, -0.2) is 47.7 Å². The average Bonchev–Trinajstić information content (AvgIpc) is 3.10. The van der Waals surface area contributed by atoms with Crippen molar-refractivity contribution in [1.29, 1.82) is 0 Å². The van der Waals surface area contributed by atoms with Crippen molar-refractivity contribution in [3.63, 3.8) is 0 Å². The number of benzene rings is 1. The Morgan fingerprint density at radius 2 is 2.15 bits per heavy atom. The quantitative estimate of drug-likeness (QED) is 0.312. The van der Waals surface area contributed by atoms with Crippen LogP contribution in [0.3, 0.4) is 0 Å². The third-order valence-electron chi connectivity index (χ3n) is 3.76. The van der Waals surface area contributed by atoms with E-state index in [1.54, 1.807) is 0 Å². The molecule has 7 heteroatoms. The van der Waals surface area contributed by atoms with Gasteiger partial charge in [0.25, 0.3) is 0 Å². The molecule has 0 saturated heterocycles. The third kappa shape index (κ3) is 6.19. The lowest BCUT2D eigenvalue weighted by Crippen LogP contribution is -2.39. The van der Waals surface area contributed by atoms with Crippen LogP contribution in [0.1, 0.15) is 25.7 Å². The molecule has 0 aliphatic carbocycles. The molecule has 1 aromatic carbocycles. The Morgan fingerprint density at radius 1 is 1.38 bits per heavy atom. The molecule has 0 atom stereocenters. The number of hydrogen-bond acceptors (Lipinski definition) is 4. The summed E-state index contributed by atoms with van der Waals surface area (Å²) in [6.45, 7) is 8.15. The van der Waals surface area contributed by atoms with Gasteiger partial charge in [-0.2, -0.15) is 4.98 Å². The third-order valence-corrected chi connectivity index (χ3v) is 4.01. The standard InChI is InChI=1S/C19H26ClN5O/c1-4-6-7-14-25(3)19(21-5-2)22-13-12-17-23-18(24-26-17)15-8-10-16(20)11-9-15/h4,8-11H,1,5-7,12-14H2,2-3H3,(H,21,22). The molecule has 2 rings (SSSR count). The minimum atomic E-state index is 0.564. The van der Waals surface area contributed by atoms with Crippen molar-refractivity contribution in [3.8, 4) is 11.4 Å². The molecular formula is C19H26ClN5O. The van der Waals surface area contributed by atoms with Crippen LogP contribution >= 0.6 is 11.6 Å². The van der Waals surface area contributed by atoms with E-state index in [1.165, 1.54) is 0 Å². The van der Waals surface area contributed by atoms with Crippen LogP contribution < -0.4 is 5.32 Å². The van der Waals surface area contributed by atoms with Gasteiger partial charge in [-0.05, 0) is 44.0 Å². The fraction of sp³-hybridized carbons (Fsp3) is 0.421. The summed E-state index contributed by atoms with van der Waals surface area (Å²) in [7, 11) is 2.04. The van der Waals surface area contributed by atoms with E-state index < -0.39 is 0 Å². The van der Waals surface area contributed by atoms with Crippen molar-refractivity contribution in [3.05, 3.63) is 47.8 Å². The molecule has 0 bridgehead atoms. The van der Waals surface area contributed by atoms with Gasteiger partial charge in [0.2, 0.25) is 11.7 Å². The van der Waals surface area contributed by atoms with Crippen LogP contribution in [0, 0.1) is 0 Å². The van der Waals surface area contributed by atoms with Crippen LogP contribution in [0.5, 0.6) is 0 Å². The molecule has 0 saturated carbocycles. The summed E-state index contributed by atoms with van der Waals surface area (Å²) in [4.78, 5) is 11.2. The molecule has 140 valence electrons. The fourth-order valence-electron chi connectivity index (χ4n) is 2.38. The molecule has 0 aliphatic heterocycles. The predicted molar refractivity (Wildman–Crippen MR) is 106 cm³/mol. The van der Waals surface area contributed by atoms with Crippen LogP contribution in [0.25, 0.3) is 11.4 Å². The van der Waals surface area contributed by atoms with Gasteiger partial charge in [0.1, 0.15) is 0 Å². The predicted octanol–water partition coefficient (Wildman–Crippen LogP) is 3.80. The number of guanidine groups is 1. The second-order valence-electron chi connectivity index (χ2n) is 5.86. The molecule has 0 radical (unpaired) electrons. The van der Waals surface area contributed by atoms with Gasteiger partial charge in [-0.15, -0.1) is 6.58 Å². The van der Waals surface area contributed by atoms with Gasteiger partial charge < -0.3 is 14.7 Å². The number of aromatic nitrogens is 2. The summed E-state index contributed by atoms with van der Waals surface area (Å²) < 4.78 is 5.32. The summed E-state index contributed by atoms with van der Waals surface area (Å²) in [6.07, 6.45) is 4.58. The monoisotopic (exact) mass is 375 g/mol. The lowest BCUT2D eigenvalue weighted by Gasteiger charge is -2.21. The van der Waals surface area contributed by atoms with Crippen LogP contribution in [0.4, 0.5) is 0 Å². The summed E-state index contributed by atoms with van der Waals surface area (Å²) in [5.74, 6) is 2.02. The maximum Gasteiger partial charge on any atom is 0.228 e. The van der Waals surface area contributed by atoms with E-state index in [1.807, 2.05) is 37.4 Å². The van der Waals surface area contributed by atoms with E-state index in [-0.39, 0.29) is 0 Å². The summed E-state index contributed by atoms with van der Waals surface area (Å²) >= 11 is 5.90. The van der Waals surface area contributed by atoms with Gasteiger partial charge in [0, 0.05) is 37.1 Å². The van der Waals surface area contributed by atoms with Gasteiger partial charge in [-0.1, -0.05) is 22.8 Å². The fourth-order valence-corrected chi connectivity index (χ4v) is 2.50. The van der Waals surface area contributed by atoms with E-state index in [2.05, 4.69) is 38.9 Å². The molecule has 0 fully saturated rings. The molecule has 1 N–H and O–H groups in total. The van der Waals surface area contributed by atoms with Crippen LogP contribution in [-0.2, 0) is 6.42 Å². The number of hydrogen-bond donors (Lipinski definition) is 1. The Balaban J connectivity index is 1.92. The van der Waals surface area contributed by atoms with E-state index in [9.17, 15) is 0 Å². The zero-order valence-corrected chi connectivity index (χ0v) is 16.2. The Labute approximate surface area is 160 Å². The second kappa shape index (κ2) is 10.6. The number of halogens is 1. The number of nitrogens with one attached hydrogen (secondary N) is 1. The number of nitrogens with zero attached hydrogens (tertiary/aromatic N) is 4. The Bertz CT molecular complexity index is 711. The van der Waals surface area contributed by atoms with E-state index in [0.717, 1.165) is 37.5 Å². The molecule has 6 nitrogen and oxygen atoms in total. The van der Waals surface area contributed by atoms with E-state index in [0.29, 0.717) is 29.7 Å². The van der Waals surface area contributed by atoms with E-state index in [4.69, 9.17) is 16.1 Å². The van der Waals surface area contributed by atoms with Gasteiger partial charge in [0.05, 0.1) is 6.54 Å². The van der Waals surface area contributed by atoms with Gasteiger partial charge >= 0.3 is 0 Å². The largest absolute Gasteiger partial charge is 0.357 e. The lowest BCUT2D eigenvalue weighted by atomic mass is 10.2. The SMILES string of the molecule is C=CCCCN(C)C(=NCCc1nc(-c2ccc(Cl)cc2)no1)NCC. The van der Waals surface area contributed by atoms with Crippen molar-refractivity contribution in [2.45, 2.75) is 26.2 Å². The van der Waals surface area contributed by atoms with Crippen LogP contribution in [0.15, 0.2) is 46.4 Å². The van der Waals surface area contributed by atoms with Crippen molar-refractivity contribution in [1.82, 2.24) is 20.4 Å². The first-order chi connectivity index (χ1) is 12.6. The van der Waals surface area contributed by atoms with Gasteiger partial charge in [0.15, 0.2) is 5.96 Å². The second-order valence-corrected chi connectivity index (χ2v) is 6.29. The van der Waals surface area contributed by atoms with Crippen molar-refractivity contribution in [2.24, 2.45) is 4.99 Å². The number of allylic oxidation sites excluding steroid dienone is 1. The average molecular weight is 376 g/mol. The first kappa shape index (κ1) is 20.0. The maximum absolute atomic E-state index is 5.90. The molecule has 0 aliphatic rings. The van der Waals surface area contributed by atoms with E-state index >= 15 is 0 Å². The topological polar surface area (TPSA) is 66.5 Å². The number of aliphatic imine (C=N–C) groups is 1. The highest BCUT2D eigenvalue weighted by atomic mass is 35.5. The molecule has 0 spiro atoms. The molecule has 0 unspecified atom stereocenters. The number of unbranched alkanes of at least 4 members (excludes halogenated alkanes) is 1. The molecule has 26 heavy (non-hydrogen) atoms. The minimum absolute atomic E-state index is 0.564. The Morgan fingerprint density at radius 3 is 2.85 bits per heavy atom. The lowest BCUT2D eigenvalue weighted by molar-refractivity contribution is 0.380. The minimum Gasteiger partial charge on any atom is -0.357 e.